The fourth-order valence-electron chi connectivity index (χ4n) is 2.77. The van der Waals surface area contributed by atoms with Crippen LogP contribution in [0.15, 0.2) is 18.2 Å². The Morgan fingerprint density at radius 1 is 1.52 bits per heavy atom. The molecule has 23 heavy (non-hydrogen) atoms. The summed E-state index contributed by atoms with van der Waals surface area (Å²) in [5.41, 5.74) is 0.124. The van der Waals surface area contributed by atoms with E-state index >= 15 is 0 Å². The van der Waals surface area contributed by atoms with Crippen LogP contribution in [-0.4, -0.2) is 46.1 Å². The van der Waals surface area contributed by atoms with Crippen molar-refractivity contribution in [2.24, 2.45) is 0 Å². The highest BCUT2D eigenvalue weighted by molar-refractivity contribution is 5.69. The van der Waals surface area contributed by atoms with Crippen molar-refractivity contribution in [3.05, 3.63) is 39.7 Å². The number of carboxylic acid groups (broad SMARTS) is 1. The lowest BCUT2D eigenvalue weighted by Gasteiger charge is -2.42. The number of nitro benzene ring substituents is 1. The number of likely N-dealkylation sites (N-methyl/N-ethyl adjacent to an activating group) is 1. The number of nitrogens with zero attached hydrogens (tertiary/aromatic N) is 2. The van der Waals surface area contributed by atoms with Gasteiger partial charge in [0.2, 0.25) is 0 Å². The van der Waals surface area contributed by atoms with Gasteiger partial charge in [-0.3, -0.25) is 19.8 Å². The Balaban J connectivity index is 1.80. The van der Waals surface area contributed by atoms with Crippen LogP contribution in [0.1, 0.15) is 25.3 Å². The van der Waals surface area contributed by atoms with Crippen molar-refractivity contribution in [1.29, 1.82) is 0 Å². The van der Waals surface area contributed by atoms with E-state index in [-0.39, 0.29) is 24.3 Å². The normalized spacial score (nSPS) is 20.3. The lowest BCUT2D eigenvalue weighted by molar-refractivity contribution is -0.385. The molecule has 0 aliphatic heterocycles. The maximum atomic E-state index is 13.8. The average molecular weight is 325 g/mol. The Hall–Kier alpha value is -2.06. The van der Waals surface area contributed by atoms with Crippen LogP contribution in [0.3, 0.4) is 0 Å². The highest BCUT2D eigenvalue weighted by Crippen LogP contribution is 2.26. The number of nitrogens with one attached hydrogen (secondary N) is 1. The van der Waals surface area contributed by atoms with Gasteiger partial charge >= 0.3 is 5.97 Å². The third kappa shape index (κ3) is 4.46. The zero-order valence-electron chi connectivity index (χ0n) is 12.9. The van der Waals surface area contributed by atoms with Crippen molar-refractivity contribution in [2.45, 2.75) is 38.4 Å². The van der Waals surface area contributed by atoms with Crippen LogP contribution in [0.4, 0.5) is 10.1 Å². The van der Waals surface area contributed by atoms with E-state index in [2.05, 4.69) is 5.32 Å². The quantitative estimate of drug-likeness (QED) is 0.558. The first-order chi connectivity index (χ1) is 10.9. The van der Waals surface area contributed by atoms with Gasteiger partial charge in [-0.2, -0.15) is 0 Å². The van der Waals surface area contributed by atoms with Gasteiger partial charge in [0.15, 0.2) is 0 Å². The molecule has 126 valence electrons. The zero-order chi connectivity index (χ0) is 17.0. The molecular weight excluding hydrogens is 305 g/mol. The number of nitro groups is 1. The van der Waals surface area contributed by atoms with Gasteiger partial charge in [0.25, 0.3) is 5.69 Å². The number of rotatable bonds is 8. The Morgan fingerprint density at radius 3 is 2.74 bits per heavy atom. The molecule has 8 heteroatoms. The number of carboxylic acids is 1. The number of halogens is 1. The number of hydrogen-bond donors (Lipinski definition) is 2. The van der Waals surface area contributed by atoms with Gasteiger partial charge < -0.3 is 10.4 Å². The molecule has 0 aromatic heterocycles. The van der Waals surface area contributed by atoms with Gasteiger partial charge in [0, 0.05) is 30.3 Å². The number of hydrogen-bond acceptors (Lipinski definition) is 5. The molecule has 0 unspecified atom stereocenters. The summed E-state index contributed by atoms with van der Waals surface area (Å²) < 4.78 is 13.8. The fourth-order valence-corrected chi connectivity index (χ4v) is 2.77. The summed E-state index contributed by atoms with van der Waals surface area (Å²) in [4.78, 5) is 22.6. The topological polar surface area (TPSA) is 95.7 Å². The molecule has 7 nitrogen and oxygen atoms in total. The minimum Gasteiger partial charge on any atom is -0.480 e. The lowest BCUT2D eigenvalue weighted by atomic mass is 9.85. The molecule has 0 saturated heterocycles. The molecule has 1 aromatic carbocycles. The van der Waals surface area contributed by atoms with E-state index in [1.54, 1.807) is 0 Å². The lowest BCUT2D eigenvalue weighted by Crippen LogP contribution is -2.53. The molecule has 1 aliphatic carbocycles. The highest BCUT2D eigenvalue weighted by Gasteiger charge is 2.33. The second-order valence-corrected chi connectivity index (χ2v) is 5.69. The third-order valence-corrected chi connectivity index (χ3v) is 4.20. The second kappa shape index (κ2) is 7.47. The van der Waals surface area contributed by atoms with E-state index in [1.807, 2.05) is 11.8 Å². The van der Waals surface area contributed by atoms with Crippen LogP contribution in [0.25, 0.3) is 0 Å². The van der Waals surface area contributed by atoms with Gasteiger partial charge in [-0.25, -0.2) is 4.39 Å². The van der Waals surface area contributed by atoms with Gasteiger partial charge in [-0.05, 0) is 25.5 Å². The monoisotopic (exact) mass is 325 g/mol. The number of carbonyl (C=O) groups is 1. The van der Waals surface area contributed by atoms with Crippen LogP contribution in [-0.2, 0) is 11.3 Å². The molecular formula is C15H20FN3O4. The van der Waals surface area contributed by atoms with E-state index in [0.717, 1.165) is 18.9 Å². The zero-order valence-corrected chi connectivity index (χ0v) is 12.9. The van der Waals surface area contributed by atoms with E-state index in [1.165, 1.54) is 12.1 Å². The summed E-state index contributed by atoms with van der Waals surface area (Å²) in [6, 6.07) is 4.06. The molecule has 1 saturated carbocycles. The van der Waals surface area contributed by atoms with Crippen LogP contribution < -0.4 is 5.32 Å². The molecule has 2 rings (SSSR count). The number of aliphatic carboxylic acids is 1. The molecule has 0 amide bonds. The van der Waals surface area contributed by atoms with Crippen molar-refractivity contribution in [1.82, 2.24) is 10.2 Å². The van der Waals surface area contributed by atoms with Crippen LogP contribution in [0, 0.1) is 15.9 Å². The summed E-state index contributed by atoms with van der Waals surface area (Å²) >= 11 is 0. The molecule has 0 radical (unpaired) electrons. The van der Waals surface area contributed by atoms with Gasteiger partial charge in [0.05, 0.1) is 17.5 Å². The van der Waals surface area contributed by atoms with E-state index < -0.39 is 16.7 Å². The maximum Gasteiger partial charge on any atom is 0.317 e. The summed E-state index contributed by atoms with van der Waals surface area (Å²) in [7, 11) is 0. The van der Waals surface area contributed by atoms with Crippen LogP contribution in [0.2, 0.25) is 0 Å². The van der Waals surface area contributed by atoms with Crippen molar-refractivity contribution in [2.75, 3.05) is 13.1 Å². The smallest absolute Gasteiger partial charge is 0.317 e. The SMILES string of the molecule is CCN(CC(=O)O)C1CC(NCc2ccc([N+](=O)[O-])cc2F)C1. The summed E-state index contributed by atoms with van der Waals surface area (Å²) in [6.07, 6.45) is 1.63. The Kier molecular flexibility index (Phi) is 5.62. The molecule has 0 atom stereocenters. The molecule has 0 spiro atoms. The van der Waals surface area contributed by atoms with E-state index in [9.17, 15) is 19.3 Å². The van der Waals surface area contributed by atoms with Crippen LogP contribution in [0.5, 0.6) is 0 Å². The van der Waals surface area contributed by atoms with E-state index in [0.29, 0.717) is 18.7 Å². The predicted octanol–water partition coefficient (Wildman–Crippen LogP) is 1.76. The summed E-state index contributed by atoms with van der Waals surface area (Å²) in [5, 5.41) is 22.6. The standard InChI is InChI=1S/C15H20FN3O4/c1-2-18(9-15(20)21)13-5-11(6-13)17-8-10-3-4-12(19(22)23)7-14(10)16/h3-4,7,11,13,17H,2,5-6,8-9H2,1H3,(H,20,21). The van der Waals surface area contributed by atoms with Crippen molar-refractivity contribution in [3.63, 3.8) is 0 Å². The van der Waals surface area contributed by atoms with Gasteiger partial charge in [-0.1, -0.05) is 6.92 Å². The minimum absolute atomic E-state index is 0.0326. The maximum absolute atomic E-state index is 13.8. The molecule has 0 heterocycles. The van der Waals surface area contributed by atoms with Crippen molar-refractivity contribution < 1.29 is 19.2 Å². The Labute approximate surface area is 133 Å². The largest absolute Gasteiger partial charge is 0.480 e. The number of non-ortho nitro benzene ring substituents is 1. The van der Waals surface area contributed by atoms with E-state index in [4.69, 9.17) is 5.11 Å². The van der Waals surface area contributed by atoms with Crippen molar-refractivity contribution in [3.8, 4) is 0 Å². The Morgan fingerprint density at radius 2 is 2.22 bits per heavy atom. The molecule has 2 N–H and O–H groups in total. The van der Waals surface area contributed by atoms with Gasteiger partial charge in [-0.15, -0.1) is 0 Å². The molecule has 1 fully saturated rings. The number of benzene rings is 1. The Bertz CT molecular complexity index is 590. The fraction of sp³-hybridized carbons (Fsp3) is 0.533. The highest BCUT2D eigenvalue weighted by atomic mass is 19.1. The molecule has 1 aromatic rings. The predicted molar refractivity (Wildman–Crippen MR) is 81.6 cm³/mol. The molecule has 1 aliphatic rings. The average Bonchev–Trinajstić information content (AvgIpc) is 2.44. The third-order valence-electron chi connectivity index (χ3n) is 4.20. The van der Waals surface area contributed by atoms with Crippen LogP contribution >= 0.6 is 0 Å². The summed E-state index contributed by atoms with van der Waals surface area (Å²) in [5.74, 6) is -1.43. The first kappa shape index (κ1) is 17.3. The minimum atomic E-state index is -0.837. The van der Waals surface area contributed by atoms with Gasteiger partial charge in [0.1, 0.15) is 5.82 Å². The first-order valence-corrected chi connectivity index (χ1v) is 7.52. The van der Waals surface area contributed by atoms with Crippen molar-refractivity contribution >= 4 is 11.7 Å². The summed E-state index contributed by atoms with van der Waals surface area (Å²) in [6.45, 7) is 2.94. The molecule has 0 bridgehead atoms. The second-order valence-electron chi connectivity index (χ2n) is 5.69. The first-order valence-electron chi connectivity index (χ1n) is 7.52.